The summed E-state index contributed by atoms with van der Waals surface area (Å²) >= 11 is 0. The molecule has 0 aliphatic heterocycles. The average molecular weight is 112 g/mol. The predicted molar refractivity (Wildman–Crippen MR) is 38.7 cm³/mol. The number of rotatable bonds is 2. The van der Waals surface area contributed by atoms with Crippen LogP contribution in [0.15, 0.2) is 24.3 Å². The minimum absolute atomic E-state index is 1.27. The minimum Gasteiger partial charge on any atom is -0.0881 e. The molecular weight excluding hydrogens is 100 g/mol. The molecule has 0 fully saturated rings. The van der Waals surface area contributed by atoms with Gasteiger partial charge in [0.1, 0.15) is 0 Å². The first-order valence-corrected chi connectivity index (χ1v) is 4.11. The van der Waals surface area contributed by atoms with Gasteiger partial charge in [0.05, 0.1) is 0 Å². The van der Waals surface area contributed by atoms with E-state index in [0.717, 1.165) is 0 Å². The Kier molecular flexibility index (Phi) is 5.45. The molecule has 0 aliphatic carbocycles. The van der Waals surface area contributed by atoms with Gasteiger partial charge in [-0.1, -0.05) is 24.3 Å². The molecule has 0 aromatic carbocycles. The van der Waals surface area contributed by atoms with E-state index in [4.69, 9.17) is 0 Å². The van der Waals surface area contributed by atoms with Crippen LogP contribution in [0.4, 0.5) is 0 Å². The lowest BCUT2D eigenvalue weighted by molar-refractivity contribution is 1.67. The summed E-state index contributed by atoms with van der Waals surface area (Å²) in [6.45, 7) is 2.03. The molecule has 40 valence electrons. The van der Waals surface area contributed by atoms with Crippen molar-refractivity contribution in [2.75, 3.05) is 0 Å². The van der Waals surface area contributed by atoms with Crippen LogP contribution in [0.1, 0.15) is 6.92 Å². The largest absolute Gasteiger partial charge is 0.0881 e. The first-order valence-electron chi connectivity index (χ1n) is 2.69. The molecule has 0 nitrogen and oxygen atoms in total. The third kappa shape index (κ3) is 5.70. The van der Waals surface area contributed by atoms with Gasteiger partial charge in [0.15, 0.2) is 0 Å². The Morgan fingerprint density at radius 3 is 2.57 bits per heavy atom. The van der Waals surface area contributed by atoms with Crippen LogP contribution in [0.5, 0.6) is 0 Å². The fourth-order valence-electron chi connectivity index (χ4n) is 0.326. The van der Waals surface area contributed by atoms with Gasteiger partial charge in [-0.3, -0.25) is 0 Å². The molecule has 1 heteroatoms. The molecule has 0 bridgehead atoms. The van der Waals surface area contributed by atoms with E-state index in [2.05, 4.69) is 18.2 Å². The van der Waals surface area contributed by atoms with Gasteiger partial charge in [-0.15, -0.1) is 0 Å². The van der Waals surface area contributed by atoms with Crippen molar-refractivity contribution in [3.63, 3.8) is 0 Å². The molecule has 0 heterocycles. The highest BCUT2D eigenvalue weighted by Gasteiger charge is 1.58. The molecular formula is C6H12Si. The second-order valence-corrected chi connectivity index (χ2v) is 2.18. The van der Waals surface area contributed by atoms with Gasteiger partial charge in [0.25, 0.3) is 0 Å². The van der Waals surface area contributed by atoms with Crippen molar-refractivity contribution >= 4 is 10.2 Å². The summed E-state index contributed by atoms with van der Waals surface area (Å²) in [5.74, 6) is 0. The monoisotopic (exact) mass is 112 g/mol. The van der Waals surface area contributed by atoms with Crippen LogP contribution in [0, 0.1) is 0 Å². The molecule has 0 spiro atoms. The number of hydrogen-bond donors (Lipinski definition) is 0. The highest BCUT2D eigenvalue weighted by Crippen LogP contribution is 1.77. The van der Waals surface area contributed by atoms with Crippen molar-refractivity contribution in [1.29, 1.82) is 0 Å². The van der Waals surface area contributed by atoms with Gasteiger partial charge in [0, 0.05) is 10.2 Å². The fourth-order valence-corrected chi connectivity index (χ4v) is 0.598. The van der Waals surface area contributed by atoms with Crippen molar-refractivity contribution in [1.82, 2.24) is 0 Å². The summed E-state index contributed by atoms with van der Waals surface area (Å²) in [4.78, 5) is 0. The molecule has 0 unspecified atom stereocenters. The normalized spacial score (nSPS) is 12.1. The standard InChI is InChI=1S/C6H12Si/c1-2-3-4-5-6-7/h2-5H,6H2,1,7H3/b3-2+,5-4+. The summed E-state index contributed by atoms with van der Waals surface area (Å²) < 4.78 is 0. The maximum absolute atomic E-state index is 2.19. The Hall–Kier alpha value is -0.303. The summed E-state index contributed by atoms with van der Waals surface area (Å²) in [6, 6.07) is 1.27. The van der Waals surface area contributed by atoms with E-state index in [1.54, 1.807) is 0 Å². The minimum atomic E-state index is 1.27. The highest BCUT2D eigenvalue weighted by atomic mass is 28.1. The van der Waals surface area contributed by atoms with Crippen LogP contribution in [0.25, 0.3) is 0 Å². The van der Waals surface area contributed by atoms with Crippen molar-refractivity contribution in [3.8, 4) is 0 Å². The van der Waals surface area contributed by atoms with Crippen LogP contribution >= 0.6 is 0 Å². The van der Waals surface area contributed by atoms with Crippen LogP contribution in [0.3, 0.4) is 0 Å². The smallest absolute Gasteiger partial charge is 0.00756 e. The molecule has 0 rings (SSSR count). The molecule has 0 amide bonds. The summed E-state index contributed by atoms with van der Waals surface area (Å²) in [6.07, 6.45) is 8.37. The quantitative estimate of drug-likeness (QED) is 0.368. The Morgan fingerprint density at radius 1 is 1.43 bits per heavy atom. The van der Waals surface area contributed by atoms with Gasteiger partial charge in [-0.05, 0) is 13.0 Å². The Morgan fingerprint density at radius 2 is 2.14 bits per heavy atom. The van der Waals surface area contributed by atoms with Gasteiger partial charge >= 0.3 is 0 Å². The zero-order chi connectivity index (χ0) is 5.54. The maximum atomic E-state index is 2.19. The van der Waals surface area contributed by atoms with E-state index < -0.39 is 0 Å². The molecule has 0 N–H and O–H groups in total. The average Bonchev–Trinajstić information content (AvgIpc) is 1.69. The van der Waals surface area contributed by atoms with Crippen molar-refractivity contribution in [3.05, 3.63) is 24.3 Å². The Bertz CT molecular complexity index is 72.2. The lowest BCUT2D eigenvalue weighted by atomic mass is 10.5. The molecule has 0 aromatic rings. The second kappa shape index (κ2) is 5.70. The van der Waals surface area contributed by atoms with Crippen LogP contribution in [-0.4, -0.2) is 10.2 Å². The summed E-state index contributed by atoms with van der Waals surface area (Å²) in [5.41, 5.74) is 0. The van der Waals surface area contributed by atoms with Crippen molar-refractivity contribution < 1.29 is 0 Å². The predicted octanol–water partition coefficient (Wildman–Crippen LogP) is 0.902. The van der Waals surface area contributed by atoms with Crippen molar-refractivity contribution in [2.45, 2.75) is 13.0 Å². The second-order valence-electron chi connectivity index (χ2n) is 1.36. The van der Waals surface area contributed by atoms with E-state index in [1.165, 1.54) is 16.3 Å². The number of allylic oxidation sites excluding steroid dienone is 4. The molecule has 0 saturated carbocycles. The van der Waals surface area contributed by atoms with Gasteiger partial charge < -0.3 is 0 Å². The SMILES string of the molecule is C/C=C/C=C/C[SiH3]. The Labute approximate surface area is 48.4 Å². The summed E-state index contributed by atoms with van der Waals surface area (Å²) in [7, 11) is 1.29. The zero-order valence-corrected chi connectivity index (χ0v) is 7.02. The van der Waals surface area contributed by atoms with E-state index in [-0.39, 0.29) is 0 Å². The van der Waals surface area contributed by atoms with Crippen LogP contribution in [-0.2, 0) is 0 Å². The first kappa shape index (κ1) is 6.70. The zero-order valence-electron chi connectivity index (χ0n) is 5.02. The van der Waals surface area contributed by atoms with E-state index in [0.29, 0.717) is 0 Å². The van der Waals surface area contributed by atoms with Crippen LogP contribution in [0.2, 0.25) is 6.04 Å². The molecule has 0 aliphatic rings. The van der Waals surface area contributed by atoms with E-state index >= 15 is 0 Å². The Balaban J connectivity index is 3.09. The van der Waals surface area contributed by atoms with Crippen molar-refractivity contribution in [2.24, 2.45) is 0 Å². The topological polar surface area (TPSA) is 0 Å². The first-order chi connectivity index (χ1) is 3.41. The lowest BCUT2D eigenvalue weighted by Gasteiger charge is -1.70. The van der Waals surface area contributed by atoms with E-state index in [9.17, 15) is 0 Å². The van der Waals surface area contributed by atoms with Gasteiger partial charge in [0.2, 0.25) is 0 Å². The molecule has 0 radical (unpaired) electrons. The lowest BCUT2D eigenvalue weighted by Crippen LogP contribution is -1.54. The molecule has 0 atom stereocenters. The van der Waals surface area contributed by atoms with Gasteiger partial charge in [-0.2, -0.15) is 0 Å². The number of hydrogen-bond acceptors (Lipinski definition) is 0. The summed E-state index contributed by atoms with van der Waals surface area (Å²) in [5, 5.41) is 0. The van der Waals surface area contributed by atoms with E-state index in [1.807, 2.05) is 13.0 Å². The maximum Gasteiger partial charge on any atom is 0.00756 e. The fraction of sp³-hybridized carbons (Fsp3) is 0.333. The van der Waals surface area contributed by atoms with Crippen LogP contribution < -0.4 is 0 Å². The third-order valence-electron chi connectivity index (χ3n) is 0.675. The van der Waals surface area contributed by atoms with Gasteiger partial charge in [-0.25, -0.2) is 0 Å². The molecule has 7 heavy (non-hydrogen) atoms. The molecule has 0 saturated heterocycles. The molecule has 0 aromatic heterocycles. The third-order valence-corrected chi connectivity index (χ3v) is 1.15. The highest BCUT2D eigenvalue weighted by molar-refractivity contribution is 6.09.